The van der Waals surface area contributed by atoms with Gasteiger partial charge in [0.1, 0.15) is 12.1 Å². The van der Waals surface area contributed by atoms with Gasteiger partial charge in [-0.1, -0.05) is 0 Å². The summed E-state index contributed by atoms with van der Waals surface area (Å²) in [6, 6.07) is -2.96. The SMILES string of the molecule is CSCC[C@H](N)C(=O)N[C@@H](CCCCN)C(=O)N[C@@H](CCC(N)=O)C(=O)O. The molecule has 0 fully saturated rings. The van der Waals surface area contributed by atoms with E-state index in [2.05, 4.69) is 10.6 Å². The van der Waals surface area contributed by atoms with Gasteiger partial charge in [-0.05, 0) is 50.7 Å². The highest BCUT2D eigenvalue weighted by Crippen LogP contribution is 2.05. The van der Waals surface area contributed by atoms with Crippen LogP contribution in [0.15, 0.2) is 0 Å². The fourth-order valence-electron chi connectivity index (χ4n) is 2.23. The molecule has 10 nitrogen and oxygen atoms in total. The first kappa shape index (κ1) is 25.1. The van der Waals surface area contributed by atoms with Crippen LogP contribution >= 0.6 is 11.8 Å². The van der Waals surface area contributed by atoms with Crippen molar-refractivity contribution in [2.24, 2.45) is 17.2 Å². The van der Waals surface area contributed by atoms with E-state index in [0.29, 0.717) is 38.0 Å². The van der Waals surface area contributed by atoms with Gasteiger partial charge in [0.2, 0.25) is 17.7 Å². The summed E-state index contributed by atoms with van der Waals surface area (Å²) in [5, 5.41) is 14.1. The zero-order valence-corrected chi connectivity index (χ0v) is 16.4. The Bertz CT molecular complexity index is 506. The molecule has 0 bridgehead atoms. The molecule has 11 heteroatoms. The Morgan fingerprint density at radius 3 is 2.15 bits per heavy atom. The van der Waals surface area contributed by atoms with E-state index in [0.717, 1.165) is 0 Å². The topological polar surface area (TPSA) is 191 Å². The number of aliphatic carboxylic acids is 1. The number of carbonyl (C=O) groups excluding carboxylic acids is 3. The third-order valence-corrected chi connectivity index (χ3v) is 4.49. The molecule has 0 spiro atoms. The summed E-state index contributed by atoms with van der Waals surface area (Å²) in [5.74, 6) is -2.36. The lowest BCUT2D eigenvalue weighted by Crippen LogP contribution is -2.54. The first-order valence-corrected chi connectivity index (χ1v) is 10.2. The second-order valence-electron chi connectivity index (χ2n) is 6.14. The Balaban J connectivity index is 4.96. The van der Waals surface area contributed by atoms with Crippen molar-refractivity contribution in [3.05, 3.63) is 0 Å². The summed E-state index contributed by atoms with van der Waals surface area (Å²) >= 11 is 1.55. The lowest BCUT2D eigenvalue weighted by molar-refractivity contribution is -0.142. The zero-order chi connectivity index (χ0) is 20.8. The molecule has 0 unspecified atom stereocenters. The van der Waals surface area contributed by atoms with Crippen molar-refractivity contribution in [1.82, 2.24) is 10.6 Å². The molecule has 0 aromatic heterocycles. The van der Waals surface area contributed by atoms with Crippen LogP contribution in [-0.2, 0) is 19.2 Å². The van der Waals surface area contributed by atoms with E-state index in [4.69, 9.17) is 17.2 Å². The minimum Gasteiger partial charge on any atom is -0.480 e. The van der Waals surface area contributed by atoms with E-state index in [1.54, 1.807) is 11.8 Å². The molecule has 0 aliphatic heterocycles. The van der Waals surface area contributed by atoms with Gasteiger partial charge < -0.3 is 32.9 Å². The minimum absolute atomic E-state index is 0.132. The molecule has 0 aliphatic rings. The van der Waals surface area contributed by atoms with Crippen molar-refractivity contribution >= 4 is 35.5 Å². The monoisotopic (exact) mass is 405 g/mol. The Morgan fingerprint density at radius 1 is 1.00 bits per heavy atom. The van der Waals surface area contributed by atoms with E-state index in [1.165, 1.54) is 0 Å². The quantitative estimate of drug-likeness (QED) is 0.178. The third-order valence-electron chi connectivity index (χ3n) is 3.84. The molecule has 156 valence electrons. The Labute approximate surface area is 163 Å². The number of unbranched alkanes of at least 4 members (excludes halogenated alkanes) is 1. The van der Waals surface area contributed by atoms with Crippen molar-refractivity contribution in [1.29, 1.82) is 0 Å². The lowest BCUT2D eigenvalue weighted by atomic mass is 10.1. The largest absolute Gasteiger partial charge is 0.480 e. The van der Waals surface area contributed by atoms with Crippen LogP contribution in [0.3, 0.4) is 0 Å². The highest BCUT2D eigenvalue weighted by atomic mass is 32.2. The highest BCUT2D eigenvalue weighted by molar-refractivity contribution is 7.98. The van der Waals surface area contributed by atoms with Gasteiger partial charge in [0.25, 0.3) is 0 Å². The van der Waals surface area contributed by atoms with Crippen LogP contribution in [0.25, 0.3) is 0 Å². The molecular formula is C16H31N5O5S. The van der Waals surface area contributed by atoms with Gasteiger partial charge in [0.05, 0.1) is 6.04 Å². The van der Waals surface area contributed by atoms with Crippen molar-refractivity contribution < 1.29 is 24.3 Å². The number of carboxylic acid groups (broad SMARTS) is 1. The molecule has 0 aromatic carbocycles. The molecule has 0 saturated heterocycles. The summed E-state index contributed by atoms with van der Waals surface area (Å²) in [6.07, 6.45) is 3.57. The van der Waals surface area contributed by atoms with Gasteiger partial charge in [0, 0.05) is 6.42 Å². The van der Waals surface area contributed by atoms with E-state index in [9.17, 15) is 24.3 Å². The molecule has 0 aromatic rings. The molecule has 27 heavy (non-hydrogen) atoms. The molecule has 0 radical (unpaired) electrons. The molecule has 9 N–H and O–H groups in total. The fraction of sp³-hybridized carbons (Fsp3) is 0.750. The van der Waals surface area contributed by atoms with Gasteiger partial charge in [-0.2, -0.15) is 11.8 Å². The van der Waals surface area contributed by atoms with Gasteiger partial charge in [0.15, 0.2) is 0 Å². The molecular weight excluding hydrogens is 374 g/mol. The Hall–Kier alpha value is -1.85. The Morgan fingerprint density at radius 2 is 1.63 bits per heavy atom. The lowest BCUT2D eigenvalue weighted by Gasteiger charge is -2.23. The number of hydrogen-bond acceptors (Lipinski definition) is 7. The van der Waals surface area contributed by atoms with Crippen LogP contribution < -0.4 is 27.8 Å². The van der Waals surface area contributed by atoms with Crippen molar-refractivity contribution in [3.63, 3.8) is 0 Å². The maximum absolute atomic E-state index is 12.5. The highest BCUT2D eigenvalue weighted by Gasteiger charge is 2.27. The predicted octanol–water partition coefficient (Wildman–Crippen LogP) is -1.48. The van der Waals surface area contributed by atoms with Crippen LogP contribution in [0.4, 0.5) is 0 Å². The van der Waals surface area contributed by atoms with E-state index < -0.39 is 41.8 Å². The number of carboxylic acids is 1. The van der Waals surface area contributed by atoms with E-state index >= 15 is 0 Å². The molecule has 0 heterocycles. The standard InChI is InChI=1S/C16H31N5O5S/c1-27-9-7-10(18)14(23)20-11(4-2-3-8-17)15(24)21-12(16(25)26)5-6-13(19)22/h10-12H,2-9,17-18H2,1H3,(H2,19,22)(H,20,23)(H,21,24)(H,25,26)/t10-,11-,12-/m0/s1. The number of thioether (sulfide) groups is 1. The van der Waals surface area contributed by atoms with Gasteiger partial charge in [-0.3, -0.25) is 14.4 Å². The summed E-state index contributed by atoms with van der Waals surface area (Å²) in [6.45, 7) is 0.436. The minimum atomic E-state index is -1.28. The smallest absolute Gasteiger partial charge is 0.326 e. The molecule has 0 rings (SSSR count). The fourth-order valence-corrected chi connectivity index (χ4v) is 2.72. The predicted molar refractivity (Wildman–Crippen MR) is 104 cm³/mol. The van der Waals surface area contributed by atoms with E-state index in [-0.39, 0.29) is 12.8 Å². The van der Waals surface area contributed by atoms with Crippen LogP contribution in [0.5, 0.6) is 0 Å². The number of rotatable bonds is 15. The van der Waals surface area contributed by atoms with Crippen LogP contribution in [0.2, 0.25) is 0 Å². The first-order valence-electron chi connectivity index (χ1n) is 8.79. The summed E-state index contributed by atoms with van der Waals surface area (Å²) in [7, 11) is 0. The number of primary amides is 1. The molecule has 0 aliphatic carbocycles. The molecule has 3 atom stereocenters. The van der Waals surface area contributed by atoms with Crippen LogP contribution in [0, 0.1) is 0 Å². The second kappa shape index (κ2) is 14.2. The summed E-state index contributed by atoms with van der Waals surface area (Å²) in [4.78, 5) is 46.8. The van der Waals surface area contributed by atoms with Crippen molar-refractivity contribution in [3.8, 4) is 0 Å². The van der Waals surface area contributed by atoms with Gasteiger partial charge >= 0.3 is 5.97 Å². The average Bonchev–Trinajstić information content (AvgIpc) is 2.61. The normalized spacial score (nSPS) is 14.0. The van der Waals surface area contributed by atoms with Crippen LogP contribution in [-0.4, -0.2) is 65.5 Å². The number of amides is 3. The van der Waals surface area contributed by atoms with E-state index in [1.807, 2.05) is 6.26 Å². The zero-order valence-electron chi connectivity index (χ0n) is 15.6. The number of hydrogen-bond donors (Lipinski definition) is 6. The molecule has 3 amide bonds. The third kappa shape index (κ3) is 11.5. The van der Waals surface area contributed by atoms with Gasteiger partial charge in [-0.25, -0.2) is 4.79 Å². The molecule has 0 saturated carbocycles. The average molecular weight is 406 g/mol. The maximum Gasteiger partial charge on any atom is 0.326 e. The maximum atomic E-state index is 12.5. The summed E-state index contributed by atoms with van der Waals surface area (Å²) < 4.78 is 0. The van der Waals surface area contributed by atoms with Gasteiger partial charge in [-0.15, -0.1) is 0 Å². The number of nitrogens with one attached hydrogen (secondary N) is 2. The second-order valence-corrected chi connectivity index (χ2v) is 7.12. The number of nitrogens with two attached hydrogens (primary N) is 3. The number of carbonyl (C=O) groups is 4. The van der Waals surface area contributed by atoms with Crippen LogP contribution in [0.1, 0.15) is 38.5 Å². The van der Waals surface area contributed by atoms with Crippen molar-refractivity contribution in [2.75, 3.05) is 18.6 Å². The Kier molecular flexibility index (Phi) is 13.3. The first-order chi connectivity index (χ1) is 12.7. The van der Waals surface area contributed by atoms with Crippen molar-refractivity contribution in [2.45, 2.75) is 56.7 Å². The summed E-state index contributed by atoms with van der Waals surface area (Å²) in [5.41, 5.74) is 16.3.